The molecule has 0 saturated carbocycles. The molecule has 0 aliphatic carbocycles. The van der Waals surface area contributed by atoms with Gasteiger partial charge in [-0.3, -0.25) is 0 Å². The van der Waals surface area contributed by atoms with E-state index in [1.807, 2.05) is 0 Å². The molecule has 0 heterocycles. The minimum Gasteiger partial charge on any atom is -0.385 e. The summed E-state index contributed by atoms with van der Waals surface area (Å²) < 4.78 is 5.09. The molecule has 2 nitrogen and oxygen atoms in total. The normalized spacial score (nSPS) is 12.4. The molecule has 0 spiro atoms. The Bertz CT molecular complexity index is 132. The summed E-state index contributed by atoms with van der Waals surface area (Å²) in [6.07, 6.45) is 2.39. The second-order valence-electron chi connectivity index (χ2n) is 5.27. The fraction of sp³-hybridized carbons (Fsp3) is 1.00. The van der Waals surface area contributed by atoms with Crippen molar-refractivity contribution in [3.8, 4) is 0 Å². The van der Waals surface area contributed by atoms with Crippen LogP contribution in [-0.4, -0.2) is 26.8 Å². The molecule has 0 saturated heterocycles. The summed E-state index contributed by atoms with van der Waals surface area (Å²) in [4.78, 5) is 0. The number of hydrogen-bond acceptors (Lipinski definition) is 2. The summed E-state index contributed by atoms with van der Waals surface area (Å²) in [7, 11) is 1.77. The first-order valence-electron chi connectivity index (χ1n) is 5.67. The Morgan fingerprint density at radius 1 is 1.29 bits per heavy atom. The average molecular weight is 201 g/mol. The van der Waals surface area contributed by atoms with Gasteiger partial charge in [0.15, 0.2) is 0 Å². The number of rotatable bonds is 8. The third kappa shape index (κ3) is 8.52. The van der Waals surface area contributed by atoms with E-state index in [4.69, 9.17) is 4.74 Å². The standard InChI is InChI=1S/C12H27NO/c1-11(2)6-8-13-10-12(3,4)7-9-14-5/h11,13H,6-10H2,1-5H3. The van der Waals surface area contributed by atoms with Crippen molar-refractivity contribution in [2.45, 2.75) is 40.5 Å². The van der Waals surface area contributed by atoms with Gasteiger partial charge in [0.05, 0.1) is 0 Å². The van der Waals surface area contributed by atoms with E-state index in [2.05, 4.69) is 33.0 Å². The van der Waals surface area contributed by atoms with Crippen molar-refractivity contribution in [2.75, 3.05) is 26.8 Å². The smallest absolute Gasteiger partial charge is 0.0467 e. The van der Waals surface area contributed by atoms with Gasteiger partial charge < -0.3 is 10.1 Å². The van der Waals surface area contributed by atoms with E-state index in [1.54, 1.807) is 7.11 Å². The summed E-state index contributed by atoms with van der Waals surface area (Å²) in [5, 5.41) is 3.51. The molecule has 1 N–H and O–H groups in total. The quantitative estimate of drug-likeness (QED) is 0.610. The van der Waals surface area contributed by atoms with Gasteiger partial charge in [-0.25, -0.2) is 0 Å². The molecule has 0 fully saturated rings. The topological polar surface area (TPSA) is 21.3 Å². The highest BCUT2D eigenvalue weighted by molar-refractivity contribution is 4.71. The van der Waals surface area contributed by atoms with Crippen LogP contribution >= 0.6 is 0 Å². The van der Waals surface area contributed by atoms with Crippen molar-refractivity contribution in [1.82, 2.24) is 5.32 Å². The molecule has 0 atom stereocenters. The van der Waals surface area contributed by atoms with Crippen molar-refractivity contribution in [1.29, 1.82) is 0 Å². The monoisotopic (exact) mass is 201 g/mol. The van der Waals surface area contributed by atoms with Crippen LogP contribution in [0.15, 0.2) is 0 Å². The molecule has 0 radical (unpaired) electrons. The molecule has 0 aromatic rings. The zero-order valence-electron chi connectivity index (χ0n) is 10.5. The minimum atomic E-state index is 0.354. The summed E-state index contributed by atoms with van der Waals surface area (Å²) in [5.41, 5.74) is 0.354. The first kappa shape index (κ1) is 13.9. The zero-order valence-corrected chi connectivity index (χ0v) is 10.5. The van der Waals surface area contributed by atoms with Crippen LogP contribution < -0.4 is 5.32 Å². The molecular formula is C12H27NO. The highest BCUT2D eigenvalue weighted by Crippen LogP contribution is 2.18. The van der Waals surface area contributed by atoms with Gasteiger partial charge in [-0.15, -0.1) is 0 Å². The zero-order chi connectivity index (χ0) is 11.0. The molecule has 0 aromatic carbocycles. The van der Waals surface area contributed by atoms with Gasteiger partial charge in [0.1, 0.15) is 0 Å². The van der Waals surface area contributed by atoms with E-state index >= 15 is 0 Å². The maximum atomic E-state index is 5.09. The summed E-state index contributed by atoms with van der Waals surface area (Å²) in [6.45, 7) is 12.2. The molecular weight excluding hydrogens is 174 g/mol. The highest BCUT2D eigenvalue weighted by Gasteiger charge is 2.16. The molecule has 0 aliphatic rings. The summed E-state index contributed by atoms with van der Waals surface area (Å²) in [6, 6.07) is 0. The maximum absolute atomic E-state index is 5.09. The Hall–Kier alpha value is -0.0800. The van der Waals surface area contributed by atoms with Gasteiger partial charge in [-0.05, 0) is 30.7 Å². The largest absolute Gasteiger partial charge is 0.385 e. The molecule has 86 valence electrons. The lowest BCUT2D eigenvalue weighted by molar-refractivity contribution is 0.150. The van der Waals surface area contributed by atoms with Gasteiger partial charge in [0.2, 0.25) is 0 Å². The molecule has 2 heteroatoms. The van der Waals surface area contributed by atoms with Crippen LogP contribution in [0.3, 0.4) is 0 Å². The van der Waals surface area contributed by atoms with Gasteiger partial charge in [0.25, 0.3) is 0 Å². The lowest BCUT2D eigenvalue weighted by Crippen LogP contribution is -2.31. The summed E-state index contributed by atoms with van der Waals surface area (Å²) >= 11 is 0. The van der Waals surface area contributed by atoms with E-state index in [-0.39, 0.29) is 0 Å². The van der Waals surface area contributed by atoms with E-state index in [1.165, 1.54) is 6.42 Å². The van der Waals surface area contributed by atoms with Crippen LogP contribution in [0.25, 0.3) is 0 Å². The Labute approximate surface area is 89.4 Å². The first-order chi connectivity index (χ1) is 6.48. The number of hydrogen-bond donors (Lipinski definition) is 1. The predicted octanol–water partition coefficient (Wildman–Crippen LogP) is 2.68. The van der Waals surface area contributed by atoms with E-state index in [0.29, 0.717) is 5.41 Å². The van der Waals surface area contributed by atoms with Crippen LogP contribution in [0.5, 0.6) is 0 Å². The Kier molecular flexibility index (Phi) is 7.20. The van der Waals surface area contributed by atoms with Crippen LogP contribution in [0, 0.1) is 11.3 Å². The molecule has 0 aromatic heterocycles. The van der Waals surface area contributed by atoms with E-state index in [9.17, 15) is 0 Å². The second-order valence-corrected chi connectivity index (χ2v) is 5.27. The van der Waals surface area contributed by atoms with Crippen molar-refractivity contribution in [3.05, 3.63) is 0 Å². The molecule has 14 heavy (non-hydrogen) atoms. The third-order valence-electron chi connectivity index (χ3n) is 2.48. The van der Waals surface area contributed by atoms with Gasteiger partial charge in [0, 0.05) is 20.3 Å². The van der Waals surface area contributed by atoms with E-state index in [0.717, 1.165) is 32.0 Å². The number of ether oxygens (including phenoxy) is 1. The predicted molar refractivity (Wildman–Crippen MR) is 62.6 cm³/mol. The second kappa shape index (κ2) is 7.24. The first-order valence-corrected chi connectivity index (χ1v) is 5.67. The molecule has 0 unspecified atom stereocenters. The van der Waals surface area contributed by atoms with Crippen molar-refractivity contribution < 1.29 is 4.74 Å². The lowest BCUT2D eigenvalue weighted by atomic mass is 9.89. The SMILES string of the molecule is COCCC(C)(C)CNCCC(C)C. The van der Waals surface area contributed by atoms with Crippen molar-refractivity contribution >= 4 is 0 Å². The van der Waals surface area contributed by atoms with Crippen LogP contribution in [0.1, 0.15) is 40.5 Å². The Morgan fingerprint density at radius 2 is 1.93 bits per heavy atom. The van der Waals surface area contributed by atoms with Crippen molar-refractivity contribution in [2.24, 2.45) is 11.3 Å². The molecule has 0 aliphatic heterocycles. The van der Waals surface area contributed by atoms with Gasteiger partial charge >= 0.3 is 0 Å². The average Bonchev–Trinajstić information content (AvgIpc) is 2.09. The third-order valence-corrected chi connectivity index (χ3v) is 2.48. The maximum Gasteiger partial charge on any atom is 0.0467 e. The lowest BCUT2D eigenvalue weighted by Gasteiger charge is -2.24. The Morgan fingerprint density at radius 3 is 2.43 bits per heavy atom. The van der Waals surface area contributed by atoms with Gasteiger partial charge in [-0.1, -0.05) is 27.7 Å². The van der Waals surface area contributed by atoms with Gasteiger partial charge in [-0.2, -0.15) is 0 Å². The molecule has 0 bridgehead atoms. The van der Waals surface area contributed by atoms with E-state index < -0.39 is 0 Å². The fourth-order valence-electron chi connectivity index (χ4n) is 1.28. The van der Waals surface area contributed by atoms with Crippen LogP contribution in [0.2, 0.25) is 0 Å². The summed E-state index contributed by atoms with van der Waals surface area (Å²) in [5.74, 6) is 0.796. The number of nitrogens with one attached hydrogen (secondary N) is 1. The van der Waals surface area contributed by atoms with Crippen molar-refractivity contribution in [3.63, 3.8) is 0 Å². The Balaban J connectivity index is 3.44. The van der Waals surface area contributed by atoms with Crippen LogP contribution in [0.4, 0.5) is 0 Å². The minimum absolute atomic E-state index is 0.354. The highest BCUT2D eigenvalue weighted by atomic mass is 16.5. The molecule has 0 amide bonds. The fourth-order valence-corrected chi connectivity index (χ4v) is 1.28. The number of methoxy groups -OCH3 is 1. The molecule has 0 rings (SSSR count). The van der Waals surface area contributed by atoms with Crippen LogP contribution in [-0.2, 0) is 4.74 Å².